The van der Waals surface area contributed by atoms with Crippen molar-refractivity contribution in [3.63, 3.8) is 0 Å². The van der Waals surface area contributed by atoms with Crippen LogP contribution in [0.25, 0.3) is 0 Å². The molecule has 0 atom stereocenters. The van der Waals surface area contributed by atoms with Gasteiger partial charge >= 0.3 is 0 Å². The van der Waals surface area contributed by atoms with Crippen molar-refractivity contribution in [2.24, 2.45) is 5.73 Å². The first-order valence-corrected chi connectivity index (χ1v) is 8.52. The van der Waals surface area contributed by atoms with Crippen LogP contribution in [0.15, 0.2) is 18.2 Å². The number of hydrogen-bond acceptors (Lipinski definition) is 4. The lowest BCUT2D eigenvalue weighted by Crippen LogP contribution is -2.49. The van der Waals surface area contributed by atoms with Crippen LogP contribution in [-0.2, 0) is 0 Å². The molecule has 1 heterocycles. The average Bonchev–Trinajstić information content (AvgIpc) is 2.58. The SMILES string of the molecule is COc1cccc(C)c1C(=O)N1CCN(CCCCCN)CC1. The maximum absolute atomic E-state index is 12.8. The minimum absolute atomic E-state index is 0.0859. The fraction of sp³-hybridized carbons (Fsp3) is 0.611. The Bertz CT molecular complexity index is 511. The maximum Gasteiger partial charge on any atom is 0.257 e. The van der Waals surface area contributed by atoms with Crippen LogP contribution < -0.4 is 10.5 Å². The Labute approximate surface area is 139 Å². The Morgan fingerprint density at radius 1 is 1.17 bits per heavy atom. The van der Waals surface area contributed by atoms with Gasteiger partial charge in [0.05, 0.1) is 12.7 Å². The van der Waals surface area contributed by atoms with Crippen LogP contribution in [0.5, 0.6) is 5.75 Å². The van der Waals surface area contributed by atoms with Gasteiger partial charge in [-0.15, -0.1) is 0 Å². The summed E-state index contributed by atoms with van der Waals surface area (Å²) in [5.41, 5.74) is 7.19. The van der Waals surface area contributed by atoms with Gasteiger partial charge in [0.1, 0.15) is 5.75 Å². The number of piperazine rings is 1. The van der Waals surface area contributed by atoms with Crippen LogP contribution in [0.2, 0.25) is 0 Å². The molecule has 0 aliphatic carbocycles. The topological polar surface area (TPSA) is 58.8 Å². The molecule has 23 heavy (non-hydrogen) atoms. The number of ether oxygens (including phenoxy) is 1. The van der Waals surface area contributed by atoms with E-state index in [1.807, 2.05) is 30.0 Å². The number of nitrogens with zero attached hydrogens (tertiary/aromatic N) is 2. The van der Waals surface area contributed by atoms with E-state index in [2.05, 4.69) is 4.90 Å². The monoisotopic (exact) mass is 319 g/mol. The van der Waals surface area contributed by atoms with Gasteiger partial charge < -0.3 is 15.4 Å². The van der Waals surface area contributed by atoms with E-state index < -0.39 is 0 Å². The molecule has 0 radical (unpaired) electrons. The van der Waals surface area contributed by atoms with E-state index in [1.54, 1.807) is 7.11 Å². The number of aryl methyl sites for hydroxylation is 1. The highest BCUT2D eigenvalue weighted by molar-refractivity contribution is 5.98. The van der Waals surface area contributed by atoms with Gasteiger partial charge in [-0.25, -0.2) is 0 Å². The lowest BCUT2D eigenvalue weighted by Gasteiger charge is -2.35. The van der Waals surface area contributed by atoms with Gasteiger partial charge in [0, 0.05) is 26.2 Å². The van der Waals surface area contributed by atoms with Crippen LogP contribution in [0.3, 0.4) is 0 Å². The standard InChI is InChI=1S/C18H29N3O2/c1-15-7-6-8-16(23-2)17(15)18(22)21-13-11-20(12-14-21)10-5-3-4-9-19/h6-8H,3-5,9-14,19H2,1-2H3. The van der Waals surface area contributed by atoms with Gasteiger partial charge in [0.25, 0.3) is 5.91 Å². The molecule has 0 bridgehead atoms. The van der Waals surface area contributed by atoms with Crippen molar-refractivity contribution in [2.75, 3.05) is 46.4 Å². The number of amides is 1. The first-order valence-electron chi connectivity index (χ1n) is 8.52. The highest BCUT2D eigenvalue weighted by Crippen LogP contribution is 2.24. The minimum Gasteiger partial charge on any atom is -0.496 e. The summed E-state index contributed by atoms with van der Waals surface area (Å²) in [7, 11) is 1.62. The molecule has 2 N–H and O–H groups in total. The van der Waals surface area contributed by atoms with Crippen LogP contribution in [0.1, 0.15) is 35.2 Å². The number of benzene rings is 1. The highest BCUT2D eigenvalue weighted by atomic mass is 16.5. The molecule has 0 unspecified atom stereocenters. The summed E-state index contributed by atoms with van der Waals surface area (Å²) >= 11 is 0. The quantitative estimate of drug-likeness (QED) is 0.780. The summed E-state index contributed by atoms with van der Waals surface area (Å²) in [5, 5.41) is 0. The summed E-state index contributed by atoms with van der Waals surface area (Å²) in [5.74, 6) is 0.752. The molecule has 1 amide bonds. The second-order valence-corrected chi connectivity index (χ2v) is 6.14. The molecule has 2 rings (SSSR count). The largest absolute Gasteiger partial charge is 0.496 e. The Morgan fingerprint density at radius 3 is 2.57 bits per heavy atom. The molecule has 5 nitrogen and oxygen atoms in total. The van der Waals surface area contributed by atoms with Gasteiger partial charge in [-0.05, 0) is 44.5 Å². The lowest BCUT2D eigenvalue weighted by molar-refractivity contribution is 0.0631. The number of carbonyl (C=O) groups is 1. The molecule has 128 valence electrons. The third kappa shape index (κ3) is 4.69. The number of hydrogen-bond donors (Lipinski definition) is 1. The molecular weight excluding hydrogens is 290 g/mol. The molecule has 0 saturated carbocycles. The van der Waals surface area contributed by atoms with E-state index in [0.717, 1.165) is 51.3 Å². The zero-order chi connectivity index (χ0) is 16.7. The molecular formula is C18H29N3O2. The van der Waals surface area contributed by atoms with Crippen molar-refractivity contribution in [1.29, 1.82) is 0 Å². The van der Waals surface area contributed by atoms with E-state index in [-0.39, 0.29) is 5.91 Å². The normalized spacial score (nSPS) is 15.7. The van der Waals surface area contributed by atoms with Crippen molar-refractivity contribution >= 4 is 5.91 Å². The van der Waals surface area contributed by atoms with Crippen molar-refractivity contribution in [2.45, 2.75) is 26.2 Å². The third-order valence-corrected chi connectivity index (χ3v) is 4.51. The fourth-order valence-corrected chi connectivity index (χ4v) is 3.07. The van der Waals surface area contributed by atoms with Gasteiger partial charge in [-0.3, -0.25) is 9.69 Å². The zero-order valence-corrected chi connectivity index (χ0v) is 14.4. The summed E-state index contributed by atoms with van der Waals surface area (Å²) in [6.07, 6.45) is 3.48. The molecule has 1 aromatic carbocycles. The number of rotatable bonds is 7. The Balaban J connectivity index is 1.89. The smallest absolute Gasteiger partial charge is 0.257 e. The van der Waals surface area contributed by atoms with Gasteiger partial charge in [-0.1, -0.05) is 18.6 Å². The Hall–Kier alpha value is -1.59. The lowest BCUT2D eigenvalue weighted by atomic mass is 10.1. The molecule has 1 saturated heterocycles. The molecule has 1 fully saturated rings. The summed E-state index contributed by atoms with van der Waals surface area (Å²) in [6, 6.07) is 5.74. The molecule has 1 aromatic rings. The summed E-state index contributed by atoms with van der Waals surface area (Å²) in [6.45, 7) is 7.31. The van der Waals surface area contributed by atoms with Crippen LogP contribution >= 0.6 is 0 Å². The second kappa shape index (κ2) is 8.89. The first kappa shape index (κ1) is 17.8. The van der Waals surface area contributed by atoms with E-state index >= 15 is 0 Å². The number of nitrogens with two attached hydrogens (primary N) is 1. The molecule has 5 heteroatoms. The van der Waals surface area contributed by atoms with Gasteiger partial charge in [-0.2, -0.15) is 0 Å². The number of methoxy groups -OCH3 is 1. The Morgan fingerprint density at radius 2 is 1.91 bits per heavy atom. The fourth-order valence-electron chi connectivity index (χ4n) is 3.07. The predicted molar refractivity (Wildman–Crippen MR) is 93.0 cm³/mol. The van der Waals surface area contributed by atoms with Gasteiger partial charge in [0.15, 0.2) is 0 Å². The van der Waals surface area contributed by atoms with E-state index in [4.69, 9.17) is 10.5 Å². The molecule has 1 aliphatic heterocycles. The minimum atomic E-state index is 0.0859. The second-order valence-electron chi connectivity index (χ2n) is 6.14. The molecule has 0 aromatic heterocycles. The van der Waals surface area contributed by atoms with Gasteiger partial charge in [0.2, 0.25) is 0 Å². The van der Waals surface area contributed by atoms with Crippen LogP contribution in [0.4, 0.5) is 0 Å². The highest BCUT2D eigenvalue weighted by Gasteiger charge is 2.25. The van der Waals surface area contributed by atoms with Crippen molar-refractivity contribution in [3.05, 3.63) is 29.3 Å². The zero-order valence-electron chi connectivity index (χ0n) is 14.4. The third-order valence-electron chi connectivity index (χ3n) is 4.51. The van der Waals surface area contributed by atoms with E-state index in [0.29, 0.717) is 11.3 Å². The molecule has 1 aliphatic rings. The van der Waals surface area contributed by atoms with Crippen molar-refractivity contribution in [3.8, 4) is 5.75 Å². The average molecular weight is 319 g/mol. The Kier molecular flexibility index (Phi) is 6.86. The van der Waals surface area contributed by atoms with Crippen LogP contribution in [0, 0.1) is 6.92 Å². The van der Waals surface area contributed by atoms with E-state index in [9.17, 15) is 4.79 Å². The first-order chi connectivity index (χ1) is 11.2. The summed E-state index contributed by atoms with van der Waals surface area (Å²) in [4.78, 5) is 17.2. The number of carbonyl (C=O) groups excluding carboxylic acids is 1. The van der Waals surface area contributed by atoms with Crippen molar-refractivity contribution in [1.82, 2.24) is 9.80 Å². The molecule has 0 spiro atoms. The maximum atomic E-state index is 12.8. The predicted octanol–water partition coefficient (Wildman–Crippen LogP) is 1.89. The number of unbranched alkanes of at least 4 members (excludes halogenated alkanes) is 2. The summed E-state index contributed by atoms with van der Waals surface area (Å²) < 4.78 is 5.37. The van der Waals surface area contributed by atoms with Crippen LogP contribution in [-0.4, -0.2) is 62.1 Å². The van der Waals surface area contributed by atoms with Crippen molar-refractivity contribution < 1.29 is 9.53 Å². The van der Waals surface area contributed by atoms with E-state index in [1.165, 1.54) is 12.8 Å².